The van der Waals surface area contributed by atoms with Crippen molar-refractivity contribution >= 4 is 35.1 Å². The van der Waals surface area contributed by atoms with E-state index in [2.05, 4.69) is 10.3 Å². The minimum atomic E-state index is -0.942. The molecule has 0 aliphatic carbocycles. The molecule has 2 heterocycles. The molecule has 8 heteroatoms. The highest BCUT2D eigenvalue weighted by Gasteiger charge is 2.32. The summed E-state index contributed by atoms with van der Waals surface area (Å²) in [4.78, 5) is 28.9. The van der Waals surface area contributed by atoms with E-state index in [0.717, 1.165) is 16.5 Å². The Balaban J connectivity index is 1.82. The lowest BCUT2D eigenvalue weighted by atomic mass is 10.3. The monoisotopic (exact) mass is 315 g/mol. The highest BCUT2D eigenvalue weighted by Crippen LogP contribution is 2.16. The van der Waals surface area contributed by atoms with Crippen LogP contribution in [0.1, 0.15) is 10.7 Å². The Hall–Kier alpha value is -1.28. The van der Waals surface area contributed by atoms with E-state index >= 15 is 0 Å². The first-order valence-corrected chi connectivity index (χ1v) is 8.37. The fourth-order valence-corrected chi connectivity index (χ4v) is 3.66. The first kappa shape index (κ1) is 15.1. The maximum absolute atomic E-state index is 12.0. The van der Waals surface area contributed by atoms with Crippen molar-refractivity contribution in [2.45, 2.75) is 19.4 Å². The SMILES string of the molecule is Cc1nc(CCNC(=O)N2CCSCC2C(=O)O)cs1. The molecule has 0 aromatic carbocycles. The van der Waals surface area contributed by atoms with Gasteiger partial charge < -0.3 is 15.3 Å². The third-order valence-corrected chi connectivity index (χ3v) is 4.84. The molecule has 110 valence electrons. The largest absolute Gasteiger partial charge is 0.480 e. The van der Waals surface area contributed by atoms with E-state index in [9.17, 15) is 9.59 Å². The van der Waals surface area contributed by atoms with Gasteiger partial charge in [-0.05, 0) is 6.92 Å². The van der Waals surface area contributed by atoms with Crippen LogP contribution in [0.25, 0.3) is 0 Å². The fraction of sp³-hybridized carbons (Fsp3) is 0.583. The summed E-state index contributed by atoms with van der Waals surface area (Å²) in [5, 5.41) is 14.9. The maximum Gasteiger partial charge on any atom is 0.327 e. The lowest BCUT2D eigenvalue weighted by molar-refractivity contribution is -0.141. The third-order valence-electron chi connectivity index (χ3n) is 3.00. The molecular weight excluding hydrogens is 298 g/mol. The van der Waals surface area contributed by atoms with Gasteiger partial charge in [0.25, 0.3) is 0 Å². The van der Waals surface area contributed by atoms with Gasteiger partial charge >= 0.3 is 12.0 Å². The number of rotatable bonds is 4. The fourth-order valence-electron chi connectivity index (χ4n) is 1.97. The van der Waals surface area contributed by atoms with E-state index in [1.807, 2.05) is 12.3 Å². The lowest BCUT2D eigenvalue weighted by Crippen LogP contribution is -2.54. The van der Waals surface area contributed by atoms with Crippen molar-refractivity contribution in [3.63, 3.8) is 0 Å². The zero-order chi connectivity index (χ0) is 14.5. The number of amides is 2. The van der Waals surface area contributed by atoms with Crippen LogP contribution < -0.4 is 5.32 Å². The number of carboxylic acid groups (broad SMARTS) is 1. The predicted octanol–water partition coefficient (Wildman–Crippen LogP) is 1.21. The summed E-state index contributed by atoms with van der Waals surface area (Å²) in [7, 11) is 0. The van der Waals surface area contributed by atoms with E-state index in [4.69, 9.17) is 5.11 Å². The van der Waals surface area contributed by atoms with Crippen molar-refractivity contribution in [2.24, 2.45) is 0 Å². The number of aryl methyl sites for hydroxylation is 1. The third kappa shape index (κ3) is 3.86. The summed E-state index contributed by atoms with van der Waals surface area (Å²) in [6, 6.07) is -1.03. The van der Waals surface area contributed by atoms with Crippen molar-refractivity contribution in [1.82, 2.24) is 15.2 Å². The molecule has 2 rings (SSSR count). The number of carbonyl (C=O) groups excluding carboxylic acids is 1. The Morgan fingerprint density at radius 2 is 2.40 bits per heavy atom. The molecule has 1 aliphatic heterocycles. The van der Waals surface area contributed by atoms with Crippen LogP contribution >= 0.6 is 23.1 Å². The highest BCUT2D eigenvalue weighted by molar-refractivity contribution is 7.99. The number of hydrogen-bond acceptors (Lipinski definition) is 5. The first-order chi connectivity index (χ1) is 9.58. The molecule has 1 aliphatic rings. The standard InChI is InChI=1S/C12H17N3O3S2/c1-8-14-9(6-20-8)2-3-13-12(18)15-4-5-19-7-10(15)11(16)17/h6,10H,2-5,7H2,1H3,(H,13,18)(H,16,17). The summed E-state index contributed by atoms with van der Waals surface area (Å²) in [5.74, 6) is 0.291. The summed E-state index contributed by atoms with van der Waals surface area (Å²) < 4.78 is 0. The van der Waals surface area contributed by atoms with Crippen LogP contribution in [0, 0.1) is 6.92 Å². The van der Waals surface area contributed by atoms with Gasteiger partial charge in [-0.15, -0.1) is 11.3 Å². The van der Waals surface area contributed by atoms with Crippen LogP contribution in [0.3, 0.4) is 0 Å². The number of carboxylic acids is 1. The van der Waals surface area contributed by atoms with Gasteiger partial charge in [-0.25, -0.2) is 14.6 Å². The first-order valence-electron chi connectivity index (χ1n) is 6.34. The quantitative estimate of drug-likeness (QED) is 0.872. The van der Waals surface area contributed by atoms with Crippen molar-refractivity contribution in [3.05, 3.63) is 16.1 Å². The number of thioether (sulfide) groups is 1. The number of urea groups is 1. The molecule has 0 spiro atoms. The molecule has 6 nitrogen and oxygen atoms in total. The van der Waals surface area contributed by atoms with Gasteiger partial charge in [-0.3, -0.25) is 0 Å². The number of aliphatic carboxylic acids is 1. The summed E-state index contributed by atoms with van der Waals surface area (Å²) in [5.41, 5.74) is 0.955. The van der Waals surface area contributed by atoms with Crippen LogP contribution in [-0.2, 0) is 11.2 Å². The second-order valence-corrected chi connectivity index (χ2v) is 6.67. The van der Waals surface area contributed by atoms with E-state index in [0.29, 0.717) is 25.3 Å². The minimum absolute atomic E-state index is 0.301. The molecular formula is C12H17N3O3S2. The second kappa shape index (κ2) is 6.94. The molecule has 0 radical (unpaired) electrons. The lowest BCUT2D eigenvalue weighted by Gasteiger charge is -2.32. The van der Waals surface area contributed by atoms with Crippen molar-refractivity contribution in [1.29, 1.82) is 0 Å². The predicted molar refractivity (Wildman–Crippen MR) is 79.4 cm³/mol. The molecule has 1 aromatic rings. The van der Waals surface area contributed by atoms with Crippen LogP contribution in [0.4, 0.5) is 4.79 Å². The molecule has 1 aromatic heterocycles. The highest BCUT2D eigenvalue weighted by atomic mass is 32.2. The maximum atomic E-state index is 12.0. The number of aromatic nitrogens is 1. The zero-order valence-electron chi connectivity index (χ0n) is 11.2. The number of nitrogens with one attached hydrogen (secondary N) is 1. The number of carbonyl (C=O) groups is 2. The Kier molecular flexibility index (Phi) is 5.24. The number of thiazole rings is 1. The molecule has 1 fully saturated rings. The average molecular weight is 315 g/mol. The van der Waals surface area contributed by atoms with E-state index in [-0.39, 0.29) is 6.03 Å². The average Bonchev–Trinajstić information content (AvgIpc) is 2.84. The molecule has 0 saturated carbocycles. The Labute approximate surface area is 125 Å². The van der Waals surface area contributed by atoms with Gasteiger partial charge in [0.05, 0.1) is 10.7 Å². The second-order valence-electron chi connectivity index (χ2n) is 4.46. The van der Waals surface area contributed by atoms with Crippen LogP contribution in [-0.4, -0.2) is 57.6 Å². The molecule has 1 saturated heterocycles. The van der Waals surface area contributed by atoms with Gasteiger partial charge in [0, 0.05) is 36.4 Å². The molecule has 2 amide bonds. The Morgan fingerprint density at radius 3 is 3.05 bits per heavy atom. The Bertz CT molecular complexity index is 492. The normalized spacial score (nSPS) is 18.9. The zero-order valence-corrected chi connectivity index (χ0v) is 12.8. The van der Waals surface area contributed by atoms with Gasteiger partial charge in [0.2, 0.25) is 0 Å². The summed E-state index contributed by atoms with van der Waals surface area (Å²) in [6.07, 6.45) is 0.663. The topological polar surface area (TPSA) is 82.5 Å². The molecule has 2 N–H and O–H groups in total. The van der Waals surface area contributed by atoms with Gasteiger partial charge in [-0.1, -0.05) is 0 Å². The molecule has 1 atom stereocenters. The van der Waals surface area contributed by atoms with Crippen LogP contribution in [0.2, 0.25) is 0 Å². The van der Waals surface area contributed by atoms with Crippen molar-refractivity contribution < 1.29 is 14.7 Å². The van der Waals surface area contributed by atoms with E-state index < -0.39 is 12.0 Å². The summed E-state index contributed by atoms with van der Waals surface area (Å²) >= 11 is 3.15. The van der Waals surface area contributed by atoms with E-state index in [1.165, 1.54) is 4.90 Å². The van der Waals surface area contributed by atoms with Gasteiger partial charge in [-0.2, -0.15) is 11.8 Å². The molecule has 0 bridgehead atoms. The number of nitrogens with zero attached hydrogens (tertiary/aromatic N) is 2. The molecule has 1 unspecified atom stereocenters. The van der Waals surface area contributed by atoms with E-state index in [1.54, 1.807) is 23.1 Å². The number of hydrogen-bond donors (Lipinski definition) is 2. The Morgan fingerprint density at radius 1 is 1.60 bits per heavy atom. The minimum Gasteiger partial charge on any atom is -0.480 e. The van der Waals surface area contributed by atoms with Crippen molar-refractivity contribution in [2.75, 3.05) is 24.6 Å². The van der Waals surface area contributed by atoms with Gasteiger partial charge in [0.15, 0.2) is 0 Å². The van der Waals surface area contributed by atoms with Gasteiger partial charge in [0.1, 0.15) is 6.04 Å². The summed E-state index contributed by atoms with van der Waals surface area (Å²) in [6.45, 7) is 2.89. The van der Waals surface area contributed by atoms with Crippen LogP contribution in [0.5, 0.6) is 0 Å². The molecule has 20 heavy (non-hydrogen) atoms. The van der Waals surface area contributed by atoms with Crippen molar-refractivity contribution in [3.8, 4) is 0 Å². The van der Waals surface area contributed by atoms with Crippen LogP contribution in [0.15, 0.2) is 5.38 Å². The smallest absolute Gasteiger partial charge is 0.327 e.